The van der Waals surface area contributed by atoms with Crippen LogP contribution in [0, 0.1) is 5.82 Å². The summed E-state index contributed by atoms with van der Waals surface area (Å²) in [5.74, 6) is -0.642. The van der Waals surface area contributed by atoms with Gasteiger partial charge in [-0.1, -0.05) is 24.3 Å². The highest BCUT2D eigenvalue weighted by Gasteiger charge is 2.24. The summed E-state index contributed by atoms with van der Waals surface area (Å²) < 4.78 is 13.4. The number of halogens is 1. The van der Waals surface area contributed by atoms with E-state index in [0.29, 0.717) is 12.2 Å². The Morgan fingerprint density at radius 1 is 1.17 bits per heavy atom. The highest BCUT2D eigenvalue weighted by Crippen LogP contribution is 2.28. The van der Waals surface area contributed by atoms with Gasteiger partial charge in [0.15, 0.2) is 0 Å². The molecule has 2 amide bonds. The van der Waals surface area contributed by atoms with Gasteiger partial charge in [-0.05, 0) is 36.2 Å². The lowest BCUT2D eigenvalue weighted by Gasteiger charge is -2.23. The van der Waals surface area contributed by atoms with Gasteiger partial charge in [-0.3, -0.25) is 9.59 Å². The number of rotatable bonds is 4. The number of carbonyl (C=O) groups excluding carboxylic acids is 2. The summed E-state index contributed by atoms with van der Waals surface area (Å²) in [6.07, 6.45) is 1.05. The number of para-hydroxylation sites is 1. The minimum atomic E-state index is -0.404. The van der Waals surface area contributed by atoms with Crippen LogP contribution in [0.25, 0.3) is 0 Å². The highest BCUT2D eigenvalue weighted by atomic mass is 19.1. The normalized spacial score (nSPS) is 12.8. The summed E-state index contributed by atoms with van der Waals surface area (Å²) in [6.45, 7) is 2.31. The Morgan fingerprint density at radius 3 is 2.71 bits per heavy atom. The van der Waals surface area contributed by atoms with Crippen LogP contribution < -0.4 is 9.80 Å². The number of nitrogens with zero attached hydrogens (tertiary/aromatic N) is 2. The van der Waals surface area contributed by atoms with Crippen LogP contribution in [-0.2, 0) is 16.0 Å². The molecule has 2 aromatic carbocycles. The predicted octanol–water partition coefficient (Wildman–Crippen LogP) is 3.16. The van der Waals surface area contributed by atoms with Crippen molar-refractivity contribution in [3.05, 3.63) is 59.9 Å². The molecule has 3 rings (SSSR count). The summed E-state index contributed by atoms with van der Waals surface area (Å²) in [4.78, 5) is 27.6. The zero-order valence-corrected chi connectivity index (χ0v) is 13.5. The van der Waals surface area contributed by atoms with Gasteiger partial charge in [0.25, 0.3) is 0 Å². The predicted molar refractivity (Wildman–Crippen MR) is 91.5 cm³/mol. The first-order valence-corrected chi connectivity index (χ1v) is 7.98. The van der Waals surface area contributed by atoms with E-state index in [0.717, 1.165) is 12.1 Å². The van der Waals surface area contributed by atoms with Gasteiger partial charge >= 0.3 is 0 Å². The van der Waals surface area contributed by atoms with E-state index in [9.17, 15) is 14.0 Å². The number of carbonyl (C=O) groups is 2. The Bertz CT molecular complexity index is 775. The van der Waals surface area contributed by atoms with Gasteiger partial charge in [-0.25, -0.2) is 4.39 Å². The molecule has 0 saturated carbocycles. The second kappa shape index (κ2) is 6.83. The van der Waals surface area contributed by atoms with Gasteiger partial charge in [0.1, 0.15) is 5.82 Å². The van der Waals surface area contributed by atoms with Crippen molar-refractivity contribution in [1.82, 2.24) is 0 Å². The first-order valence-electron chi connectivity index (χ1n) is 7.98. The third kappa shape index (κ3) is 3.30. The standard InChI is InChI=1S/C19H19FN2O2/c1-14(23)21(17-7-4-6-16(20)13-17)12-10-19(24)22-11-9-15-5-2-3-8-18(15)22/h2-8,13H,9-12H2,1H3. The molecule has 2 aromatic rings. The van der Waals surface area contributed by atoms with Crippen molar-refractivity contribution in [1.29, 1.82) is 0 Å². The molecule has 1 aliphatic heterocycles. The molecule has 0 N–H and O–H groups in total. The van der Waals surface area contributed by atoms with Crippen molar-refractivity contribution >= 4 is 23.2 Å². The van der Waals surface area contributed by atoms with E-state index in [1.165, 1.54) is 29.5 Å². The Hall–Kier alpha value is -2.69. The lowest BCUT2D eigenvalue weighted by molar-refractivity contribution is -0.118. The van der Waals surface area contributed by atoms with Crippen molar-refractivity contribution in [3.8, 4) is 0 Å². The molecule has 0 spiro atoms. The Labute approximate surface area is 140 Å². The molecule has 24 heavy (non-hydrogen) atoms. The van der Waals surface area contributed by atoms with Gasteiger partial charge in [0, 0.05) is 37.8 Å². The van der Waals surface area contributed by atoms with Gasteiger partial charge < -0.3 is 9.80 Å². The first kappa shape index (κ1) is 16.2. The third-order valence-electron chi connectivity index (χ3n) is 4.24. The minimum absolute atomic E-state index is 0.0254. The maximum Gasteiger partial charge on any atom is 0.228 e. The van der Waals surface area contributed by atoms with Crippen LogP contribution >= 0.6 is 0 Å². The van der Waals surface area contributed by atoms with Gasteiger partial charge in [-0.2, -0.15) is 0 Å². The molecule has 0 atom stereocenters. The van der Waals surface area contributed by atoms with Gasteiger partial charge in [0.2, 0.25) is 11.8 Å². The van der Waals surface area contributed by atoms with Crippen LogP contribution in [0.5, 0.6) is 0 Å². The molecule has 0 unspecified atom stereocenters. The molecule has 0 aromatic heterocycles. The second-order valence-electron chi connectivity index (χ2n) is 5.82. The molecule has 1 heterocycles. The molecule has 0 fully saturated rings. The van der Waals surface area contributed by atoms with Gasteiger partial charge in [-0.15, -0.1) is 0 Å². The Balaban J connectivity index is 1.70. The van der Waals surface area contributed by atoms with E-state index in [4.69, 9.17) is 0 Å². The van der Waals surface area contributed by atoms with Crippen LogP contribution in [0.15, 0.2) is 48.5 Å². The molecule has 0 bridgehead atoms. The van der Waals surface area contributed by atoms with Crippen LogP contribution in [-0.4, -0.2) is 24.9 Å². The Morgan fingerprint density at radius 2 is 1.96 bits per heavy atom. The van der Waals surface area contributed by atoms with E-state index < -0.39 is 5.82 Å². The number of hydrogen-bond donors (Lipinski definition) is 0. The number of amides is 2. The van der Waals surface area contributed by atoms with E-state index in [1.807, 2.05) is 24.3 Å². The van der Waals surface area contributed by atoms with Crippen LogP contribution in [0.3, 0.4) is 0 Å². The fourth-order valence-corrected chi connectivity index (χ4v) is 3.05. The van der Waals surface area contributed by atoms with Crippen LogP contribution in [0.1, 0.15) is 18.9 Å². The van der Waals surface area contributed by atoms with Crippen LogP contribution in [0.2, 0.25) is 0 Å². The molecular formula is C19H19FN2O2. The topological polar surface area (TPSA) is 40.6 Å². The zero-order valence-electron chi connectivity index (χ0n) is 13.5. The fourth-order valence-electron chi connectivity index (χ4n) is 3.05. The summed E-state index contributed by atoms with van der Waals surface area (Å²) in [5.41, 5.74) is 2.58. The second-order valence-corrected chi connectivity index (χ2v) is 5.82. The SMILES string of the molecule is CC(=O)N(CCC(=O)N1CCc2ccccc21)c1cccc(F)c1. The average Bonchev–Trinajstić information content (AvgIpc) is 2.99. The van der Waals surface area contributed by atoms with Crippen molar-refractivity contribution in [2.24, 2.45) is 0 Å². The van der Waals surface area contributed by atoms with Crippen molar-refractivity contribution in [2.75, 3.05) is 22.9 Å². The molecule has 124 valence electrons. The summed E-state index contributed by atoms with van der Waals surface area (Å²) >= 11 is 0. The molecule has 5 heteroatoms. The average molecular weight is 326 g/mol. The molecule has 0 radical (unpaired) electrons. The van der Waals surface area contributed by atoms with Crippen molar-refractivity contribution in [2.45, 2.75) is 19.8 Å². The fraction of sp³-hybridized carbons (Fsp3) is 0.263. The van der Waals surface area contributed by atoms with Crippen molar-refractivity contribution < 1.29 is 14.0 Å². The van der Waals surface area contributed by atoms with Gasteiger partial charge in [0.05, 0.1) is 0 Å². The number of fused-ring (bicyclic) bond motifs is 1. The molecule has 4 nitrogen and oxygen atoms in total. The van der Waals surface area contributed by atoms with Crippen LogP contribution in [0.4, 0.5) is 15.8 Å². The van der Waals surface area contributed by atoms with E-state index in [2.05, 4.69) is 0 Å². The quantitative estimate of drug-likeness (QED) is 0.866. The van der Waals surface area contributed by atoms with Crippen molar-refractivity contribution in [3.63, 3.8) is 0 Å². The molecular weight excluding hydrogens is 307 g/mol. The monoisotopic (exact) mass is 326 g/mol. The summed E-state index contributed by atoms with van der Waals surface area (Å²) in [5, 5.41) is 0. The lowest BCUT2D eigenvalue weighted by Crippen LogP contribution is -2.35. The smallest absolute Gasteiger partial charge is 0.228 e. The molecule has 1 aliphatic rings. The number of anilines is 2. The minimum Gasteiger partial charge on any atom is -0.312 e. The van der Waals surface area contributed by atoms with E-state index in [-0.39, 0.29) is 24.8 Å². The summed E-state index contributed by atoms with van der Waals surface area (Å²) in [7, 11) is 0. The van der Waals surface area contributed by atoms with E-state index in [1.54, 1.807) is 17.0 Å². The zero-order chi connectivity index (χ0) is 17.1. The largest absolute Gasteiger partial charge is 0.312 e. The summed E-state index contributed by atoms with van der Waals surface area (Å²) in [6, 6.07) is 13.7. The Kier molecular flexibility index (Phi) is 4.60. The lowest BCUT2D eigenvalue weighted by atomic mass is 10.2. The number of hydrogen-bond acceptors (Lipinski definition) is 2. The highest BCUT2D eigenvalue weighted by molar-refractivity contribution is 5.97. The number of benzene rings is 2. The maximum absolute atomic E-state index is 13.4. The maximum atomic E-state index is 13.4. The third-order valence-corrected chi connectivity index (χ3v) is 4.24. The molecule has 0 saturated heterocycles. The first-order chi connectivity index (χ1) is 11.6. The van der Waals surface area contributed by atoms with E-state index >= 15 is 0 Å². The molecule has 0 aliphatic carbocycles.